The number of nitrogens with one attached hydrogen (secondary N) is 1. The predicted molar refractivity (Wildman–Crippen MR) is 26.4 cm³/mol. The van der Waals surface area contributed by atoms with E-state index in [0.717, 1.165) is 13.0 Å². The van der Waals surface area contributed by atoms with Gasteiger partial charge >= 0.3 is 0 Å². The van der Waals surface area contributed by atoms with E-state index in [4.69, 9.17) is 10.8 Å². The predicted octanol–water partition coefficient (Wildman–Crippen LogP) is -1.03. The van der Waals surface area contributed by atoms with Crippen LogP contribution in [0.2, 0.25) is 0 Å². The first-order chi connectivity index (χ1) is 3.21. The SMILES string of the molecule is NC1(O)CCCN1. The zero-order valence-corrected chi connectivity index (χ0v) is 4.15. The zero-order chi connectivity index (χ0) is 5.33. The molecule has 42 valence electrons. The van der Waals surface area contributed by atoms with Crippen LogP contribution >= 0.6 is 0 Å². The van der Waals surface area contributed by atoms with Crippen LogP contribution in [0.1, 0.15) is 12.8 Å². The molecular formula is C4H10N2O. The van der Waals surface area contributed by atoms with E-state index < -0.39 is 5.85 Å². The maximum absolute atomic E-state index is 8.86. The number of hydrogen-bond donors (Lipinski definition) is 3. The normalized spacial score (nSPS) is 42.0. The molecule has 1 saturated heterocycles. The Morgan fingerprint density at radius 2 is 2.43 bits per heavy atom. The van der Waals surface area contributed by atoms with Gasteiger partial charge in [-0.3, -0.25) is 11.1 Å². The third-order valence-electron chi connectivity index (χ3n) is 1.17. The number of hydrogen-bond acceptors (Lipinski definition) is 3. The average molecular weight is 102 g/mol. The summed E-state index contributed by atoms with van der Waals surface area (Å²) in [6, 6.07) is 0. The van der Waals surface area contributed by atoms with Crippen molar-refractivity contribution in [1.29, 1.82) is 0 Å². The highest BCUT2D eigenvalue weighted by Crippen LogP contribution is 2.07. The molecule has 1 rings (SSSR count). The van der Waals surface area contributed by atoms with Crippen molar-refractivity contribution in [3.8, 4) is 0 Å². The molecule has 1 aliphatic heterocycles. The maximum atomic E-state index is 8.86. The molecule has 1 unspecified atom stereocenters. The highest BCUT2D eigenvalue weighted by Gasteiger charge is 2.24. The molecule has 1 fully saturated rings. The first kappa shape index (κ1) is 5.03. The lowest BCUT2D eigenvalue weighted by Gasteiger charge is -2.14. The van der Waals surface area contributed by atoms with Crippen molar-refractivity contribution in [1.82, 2.24) is 5.32 Å². The molecule has 3 nitrogen and oxygen atoms in total. The van der Waals surface area contributed by atoms with Gasteiger partial charge in [0.15, 0.2) is 5.85 Å². The summed E-state index contributed by atoms with van der Waals surface area (Å²) in [5.74, 6) is -1.06. The van der Waals surface area contributed by atoms with Crippen LogP contribution in [0, 0.1) is 0 Å². The summed E-state index contributed by atoms with van der Waals surface area (Å²) < 4.78 is 0. The Balaban J connectivity index is 2.40. The molecule has 1 atom stereocenters. The molecule has 3 heteroatoms. The molecule has 0 radical (unpaired) electrons. The highest BCUT2D eigenvalue weighted by molar-refractivity contribution is 4.74. The van der Waals surface area contributed by atoms with Crippen molar-refractivity contribution in [2.75, 3.05) is 6.54 Å². The fourth-order valence-corrected chi connectivity index (χ4v) is 0.751. The molecule has 1 heterocycles. The molecule has 0 bridgehead atoms. The third-order valence-corrected chi connectivity index (χ3v) is 1.17. The standard InChI is InChI=1S/C4H10N2O/c5-4(7)2-1-3-6-4/h6-7H,1-3,5H2. The Kier molecular flexibility index (Phi) is 1.03. The first-order valence-electron chi connectivity index (χ1n) is 2.47. The van der Waals surface area contributed by atoms with E-state index in [1.54, 1.807) is 0 Å². The second kappa shape index (κ2) is 1.43. The van der Waals surface area contributed by atoms with Crippen LogP contribution in [-0.4, -0.2) is 17.5 Å². The minimum atomic E-state index is -1.06. The highest BCUT2D eigenvalue weighted by atomic mass is 16.3. The van der Waals surface area contributed by atoms with Crippen molar-refractivity contribution in [3.63, 3.8) is 0 Å². The summed E-state index contributed by atoms with van der Waals surface area (Å²) in [5, 5.41) is 11.6. The van der Waals surface area contributed by atoms with Crippen molar-refractivity contribution in [2.45, 2.75) is 18.7 Å². The van der Waals surface area contributed by atoms with Crippen molar-refractivity contribution < 1.29 is 5.11 Å². The van der Waals surface area contributed by atoms with Gasteiger partial charge in [-0.1, -0.05) is 0 Å². The van der Waals surface area contributed by atoms with Gasteiger partial charge < -0.3 is 5.11 Å². The summed E-state index contributed by atoms with van der Waals surface area (Å²) in [5.41, 5.74) is 5.22. The smallest absolute Gasteiger partial charge is 0.169 e. The fraction of sp³-hybridized carbons (Fsp3) is 1.00. The van der Waals surface area contributed by atoms with Gasteiger partial charge in [-0.15, -0.1) is 0 Å². The lowest BCUT2D eigenvalue weighted by Crippen LogP contribution is -2.48. The Labute approximate surface area is 42.5 Å². The van der Waals surface area contributed by atoms with E-state index in [1.807, 2.05) is 0 Å². The molecule has 4 N–H and O–H groups in total. The van der Waals surface area contributed by atoms with E-state index in [1.165, 1.54) is 0 Å². The number of rotatable bonds is 0. The zero-order valence-electron chi connectivity index (χ0n) is 4.15. The minimum Gasteiger partial charge on any atom is -0.363 e. The fourth-order valence-electron chi connectivity index (χ4n) is 0.751. The molecular weight excluding hydrogens is 92.1 g/mol. The van der Waals surface area contributed by atoms with Crippen LogP contribution < -0.4 is 11.1 Å². The summed E-state index contributed by atoms with van der Waals surface area (Å²) in [7, 11) is 0. The van der Waals surface area contributed by atoms with Gasteiger partial charge in [-0.2, -0.15) is 0 Å². The van der Waals surface area contributed by atoms with Gasteiger partial charge in [-0.25, -0.2) is 0 Å². The average Bonchev–Trinajstić information content (AvgIpc) is 1.84. The third kappa shape index (κ3) is 1.12. The van der Waals surface area contributed by atoms with E-state index in [-0.39, 0.29) is 0 Å². The minimum absolute atomic E-state index is 0.674. The van der Waals surface area contributed by atoms with E-state index >= 15 is 0 Å². The monoisotopic (exact) mass is 102 g/mol. The van der Waals surface area contributed by atoms with E-state index in [9.17, 15) is 0 Å². The van der Waals surface area contributed by atoms with Gasteiger partial charge in [0, 0.05) is 6.42 Å². The van der Waals surface area contributed by atoms with Gasteiger partial charge in [-0.05, 0) is 13.0 Å². The Morgan fingerprint density at radius 3 is 2.57 bits per heavy atom. The molecule has 0 aliphatic carbocycles. The molecule has 0 aromatic rings. The van der Waals surface area contributed by atoms with Crippen LogP contribution in [0.25, 0.3) is 0 Å². The van der Waals surface area contributed by atoms with Crippen LogP contribution in [0.4, 0.5) is 0 Å². The topological polar surface area (TPSA) is 58.3 Å². The molecule has 0 saturated carbocycles. The Hall–Kier alpha value is -0.120. The lowest BCUT2D eigenvalue weighted by atomic mass is 10.3. The van der Waals surface area contributed by atoms with Crippen LogP contribution in [0.15, 0.2) is 0 Å². The second-order valence-electron chi connectivity index (χ2n) is 1.95. The van der Waals surface area contributed by atoms with Crippen LogP contribution in [0.5, 0.6) is 0 Å². The maximum Gasteiger partial charge on any atom is 0.169 e. The van der Waals surface area contributed by atoms with Crippen LogP contribution in [0.3, 0.4) is 0 Å². The quantitative estimate of drug-likeness (QED) is 0.343. The molecule has 0 aromatic carbocycles. The number of nitrogens with two attached hydrogens (primary N) is 1. The Morgan fingerprint density at radius 1 is 1.71 bits per heavy atom. The molecule has 0 aromatic heterocycles. The summed E-state index contributed by atoms with van der Waals surface area (Å²) in [6.07, 6.45) is 1.65. The first-order valence-corrected chi connectivity index (χ1v) is 2.47. The van der Waals surface area contributed by atoms with Crippen LogP contribution in [-0.2, 0) is 0 Å². The summed E-state index contributed by atoms with van der Waals surface area (Å²) in [6.45, 7) is 0.840. The lowest BCUT2D eigenvalue weighted by molar-refractivity contribution is 0.0318. The molecule has 0 spiro atoms. The van der Waals surface area contributed by atoms with Crippen molar-refractivity contribution in [3.05, 3.63) is 0 Å². The van der Waals surface area contributed by atoms with Gasteiger partial charge in [0.1, 0.15) is 0 Å². The van der Waals surface area contributed by atoms with E-state index in [0.29, 0.717) is 6.42 Å². The van der Waals surface area contributed by atoms with Gasteiger partial charge in [0.25, 0.3) is 0 Å². The number of aliphatic hydroxyl groups is 1. The molecule has 1 aliphatic rings. The van der Waals surface area contributed by atoms with Crippen molar-refractivity contribution in [2.24, 2.45) is 5.73 Å². The Bertz CT molecular complexity index is 64.1. The summed E-state index contributed by atoms with van der Waals surface area (Å²) in [4.78, 5) is 0. The van der Waals surface area contributed by atoms with E-state index in [2.05, 4.69) is 5.32 Å². The van der Waals surface area contributed by atoms with Crippen molar-refractivity contribution >= 4 is 0 Å². The summed E-state index contributed by atoms with van der Waals surface area (Å²) >= 11 is 0. The molecule has 7 heavy (non-hydrogen) atoms. The van der Waals surface area contributed by atoms with Gasteiger partial charge in [0.05, 0.1) is 0 Å². The second-order valence-corrected chi connectivity index (χ2v) is 1.95. The molecule has 0 amide bonds. The van der Waals surface area contributed by atoms with Gasteiger partial charge in [0.2, 0.25) is 0 Å². The largest absolute Gasteiger partial charge is 0.363 e.